The Balaban J connectivity index is 1.39. The van der Waals surface area contributed by atoms with Crippen LogP contribution in [-0.4, -0.2) is 73.6 Å². The Hall–Kier alpha value is -0.120. The van der Waals surface area contributed by atoms with E-state index in [0.717, 1.165) is 12.0 Å². The maximum Gasteiger partial charge on any atom is 0.0121 e. The van der Waals surface area contributed by atoms with Crippen LogP contribution in [0.5, 0.6) is 0 Å². The number of rotatable bonds is 3. The van der Waals surface area contributed by atoms with Gasteiger partial charge in [-0.15, -0.1) is 0 Å². The maximum atomic E-state index is 2.77. The van der Waals surface area contributed by atoms with Crippen molar-refractivity contribution in [3.05, 3.63) is 0 Å². The van der Waals surface area contributed by atoms with Crippen LogP contribution < -0.4 is 0 Å². The number of piperidine rings is 1. The van der Waals surface area contributed by atoms with Gasteiger partial charge in [-0.05, 0) is 51.7 Å². The SMILES string of the molecule is CN1CCC(N2CCN(CC3CCC3)CC2)CC1. The quantitative estimate of drug-likeness (QED) is 0.752. The average molecular weight is 251 g/mol. The summed E-state index contributed by atoms with van der Waals surface area (Å²) in [6.07, 6.45) is 7.25. The maximum absolute atomic E-state index is 2.77. The third kappa shape index (κ3) is 3.06. The molecule has 0 amide bonds. The first-order valence-electron chi connectivity index (χ1n) is 7.96. The van der Waals surface area contributed by atoms with Crippen LogP contribution in [-0.2, 0) is 0 Å². The average Bonchev–Trinajstić information content (AvgIpc) is 2.36. The predicted octanol–water partition coefficient (Wildman–Crippen LogP) is 1.50. The Labute approximate surface area is 112 Å². The van der Waals surface area contributed by atoms with Gasteiger partial charge < -0.3 is 9.80 Å². The minimum absolute atomic E-state index is 0.882. The van der Waals surface area contributed by atoms with Gasteiger partial charge in [0.1, 0.15) is 0 Å². The summed E-state index contributed by atoms with van der Waals surface area (Å²) in [6, 6.07) is 0.882. The van der Waals surface area contributed by atoms with Gasteiger partial charge in [-0.3, -0.25) is 4.90 Å². The largest absolute Gasteiger partial charge is 0.306 e. The summed E-state index contributed by atoms with van der Waals surface area (Å²) in [5, 5.41) is 0. The van der Waals surface area contributed by atoms with E-state index in [1.54, 1.807) is 0 Å². The third-order valence-corrected chi connectivity index (χ3v) is 5.35. The number of likely N-dealkylation sites (tertiary alicyclic amines) is 1. The lowest BCUT2D eigenvalue weighted by molar-refractivity contribution is 0.0518. The molecule has 0 aromatic heterocycles. The van der Waals surface area contributed by atoms with Crippen molar-refractivity contribution in [3.8, 4) is 0 Å². The molecule has 1 saturated carbocycles. The summed E-state index contributed by atoms with van der Waals surface area (Å²) in [6.45, 7) is 9.27. The summed E-state index contributed by atoms with van der Waals surface area (Å²) in [7, 11) is 2.26. The molecule has 0 bridgehead atoms. The summed E-state index contributed by atoms with van der Waals surface area (Å²) >= 11 is 0. The van der Waals surface area contributed by atoms with Gasteiger partial charge in [0, 0.05) is 38.8 Å². The minimum atomic E-state index is 0.882. The molecule has 104 valence electrons. The van der Waals surface area contributed by atoms with Gasteiger partial charge >= 0.3 is 0 Å². The Kier molecular flexibility index (Phi) is 4.22. The van der Waals surface area contributed by atoms with Crippen molar-refractivity contribution in [2.24, 2.45) is 5.92 Å². The van der Waals surface area contributed by atoms with Gasteiger partial charge in [-0.2, -0.15) is 0 Å². The zero-order valence-corrected chi connectivity index (χ0v) is 12.0. The van der Waals surface area contributed by atoms with Gasteiger partial charge in [0.2, 0.25) is 0 Å². The van der Waals surface area contributed by atoms with Gasteiger partial charge in [0.25, 0.3) is 0 Å². The van der Waals surface area contributed by atoms with Gasteiger partial charge in [0.05, 0.1) is 0 Å². The van der Waals surface area contributed by atoms with Crippen molar-refractivity contribution < 1.29 is 0 Å². The number of nitrogens with zero attached hydrogens (tertiary/aromatic N) is 3. The fourth-order valence-corrected chi connectivity index (χ4v) is 3.71. The van der Waals surface area contributed by atoms with E-state index in [1.165, 1.54) is 77.9 Å². The smallest absolute Gasteiger partial charge is 0.0121 e. The second-order valence-corrected chi connectivity index (χ2v) is 6.67. The van der Waals surface area contributed by atoms with Crippen LogP contribution in [0.2, 0.25) is 0 Å². The summed E-state index contributed by atoms with van der Waals surface area (Å²) in [5.41, 5.74) is 0. The van der Waals surface area contributed by atoms with Crippen LogP contribution in [0, 0.1) is 5.92 Å². The molecule has 18 heavy (non-hydrogen) atoms. The zero-order chi connectivity index (χ0) is 12.4. The van der Waals surface area contributed by atoms with Crippen LogP contribution in [0.3, 0.4) is 0 Å². The van der Waals surface area contributed by atoms with E-state index < -0.39 is 0 Å². The zero-order valence-electron chi connectivity index (χ0n) is 12.0. The monoisotopic (exact) mass is 251 g/mol. The van der Waals surface area contributed by atoms with E-state index in [9.17, 15) is 0 Å². The summed E-state index contributed by atoms with van der Waals surface area (Å²) < 4.78 is 0. The highest BCUT2D eigenvalue weighted by atomic mass is 15.3. The predicted molar refractivity (Wildman–Crippen MR) is 75.9 cm³/mol. The molecule has 3 nitrogen and oxygen atoms in total. The van der Waals surface area contributed by atoms with Gasteiger partial charge in [-0.1, -0.05) is 6.42 Å². The van der Waals surface area contributed by atoms with Crippen LogP contribution in [0.25, 0.3) is 0 Å². The van der Waals surface area contributed by atoms with Crippen molar-refractivity contribution in [2.45, 2.75) is 38.1 Å². The standard InChI is InChI=1S/C15H29N3/c1-16-7-5-15(6-8-16)18-11-9-17(10-12-18)13-14-3-2-4-14/h14-15H,2-13H2,1H3. The van der Waals surface area contributed by atoms with E-state index in [1.807, 2.05) is 0 Å². The Morgan fingerprint density at radius 2 is 1.50 bits per heavy atom. The normalized spacial score (nSPS) is 30.5. The first kappa shape index (κ1) is 12.9. The topological polar surface area (TPSA) is 9.72 Å². The van der Waals surface area contributed by atoms with Crippen LogP contribution in [0.1, 0.15) is 32.1 Å². The highest BCUT2D eigenvalue weighted by molar-refractivity contribution is 4.84. The lowest BCUT2D eigenvalue weighted by Crippen LogP contribution is -2.53. The molecule has 3 aliphatic rings. The molecule has 1 aliphatic carbocycles. The molecule has 3 rings (SSSR count). The highest BCUT2D eigenvalue weighted by Gasteiger charge is 2.28. The molecule has 3 fully saturated rings. The van der Waals surface area contributed by atoms with Crippen LogP contribution in [0.15, 0.2) is 0 Å². The molecular weight excluding hydrogens is 222 g/mol. The molecule has 3 heteroatoms. The van der Waals surface area contributed by atoms with Crippen molar-refractivity contribution >= 4 is 0 Å². The van der Waals surface area contributed by atoms with E-state index in [4.69, 9.17) is 0 Å². The number of hydrogen-bond donors (Lipinski definition) is 0. The van der Waals surface area contributed by atoms with Crippen molar-refractivity contribution in [1.82, 2.24) is 14.7 Å². The third-order valence-electron chi connectivity index (χ3n) is 5.35. The molecule has 2 aliphatic heterocycles. The first-order chi connectivity index (χ1) is 8.81. The molecule has 0 atom stereocenters. The lowest BCUT2D eigenvalue weighted by atomic mass is 9.85. The molecule has 0 radical (unpaired) electrons. The van der Waals surface area contributed by atoms with Crippen LogP contribution in [0.4, 0.5) is 0 Å². The van der Waals surface area contributed by atoms with Crippen molar-refractivity contribution in [2.75, 3.05) is 52.9 Å². The lowest BCUT2D eigenvalue weighted by Gasteiger charge is -2.43. The molecule has 0 aromatic rings. The van der Waals surface area contributed by atoms with Gasteiger partial charge in [0.15, 0.2) is 0 Å². The number of piperazine rings is 1. The van der Waals surface area contributed by atoms with E-state index in [-0.39, 0.29) is 0 Å². The van der Waals surface area contributed by atoms with Crippen molar-refractivity contribution in [1.29, 1.82) is 0 Å². The van der Waals surface area contributed by atoms with Crippen molar-refractivity contribution in [3.63, 3.8) is 0 Å². The fraction of sp³-hybridized carbons (Fsp3) is 1.00. The highest BCUT2D eigenvalue weighted by Crippen LogP contribution is 2.27. The van der Waals surface area contributed by atoms with Crippen LogP contribution >= 0.6 is 0 Å². The number of hydrogen-bond acceptors (Lipinski definition) is 3. The van der Waals surface area contributed by atoms with E-state index >= 15 is 0 Å². The molecule has 0 aromatic carbocycles. The second kappa shape index (κ2) is 5.89. The molecule has 0 spiro atoms. The Bertz CT molecular complexity index is 248. The molecule has 2 heterocycles. The minimum Gasteiger partial charge on any atom is -0.306 e. The summed E-state index contributed by atoms with van der Waals surface area (Å²) in [5.74, 6) is 1.04. The summed E-state index contributed by atoms with van der Waals surface area (Å²) in [4.78, 5) is 7.96. The Morgan fingerprint density at radius 3 is 2.06 bits per heavy atom. The van der Waals surface area contributed by atoms with Gasteiger partial charge in [-0.25, -0.2) is 0 Å². The molecular formula is C15H29N3. The molecule has 2 saturated heterocycles. The molecule has 0 unspecified atom stereocenters. The van der Waals surface area contributed by atoms with E-state index in [0.29, 0.717) is 0 Å². The second-order valence-electron chi connectivity index (χ2n) is 6.67. The first-order valence-corrected chi connectivity index (χ1v) is 7.96. The fourth-order valence-electron chi connectivity index (χ4n) is 3.71. The molecule has 0 N–H and O–H groups in total. The Morgan fingerprint density at radius 1 is 0.833 bits per heavy atom. The van der Waals surface area contributed by atoms with E-state index in [2.05, 4.69) is 21.7 Å².